The van der Waals surface area contributed by atoms with Gasteiger partial charge >= 0.3 is 6.18 Å². The number of hydrogen-bond donors (Lipinski definition) is 1. The summed E-state index contributed by atoms with van der Waals surface area (Å²) in [5, 5.41) is 6.52. The Morgan fingerprint density at radius 1 is 0.875 bits per heavy atom. The third kappa shape index (κ3) is 3.38. The molecule has 0 unspecified atom stereocenters. The molecule has 0 atom stereocenters. The number of halogens is 3. The van der Waals surface area contributed by atoms with E-state index in [0.717, 1.165) is 22.9 Å². The van der Waals surface area contributed by atoms with Gasteiger partial charge in [0.05, 0.1) is 5.25 Å². The summed E-state index contributed by atoms with van der Waals surface area (Å²) in [5.41, 5.74) is 1.87. The fraction of sp³-hybridized carbons (Fsp3) is 0.125. The number of aromatic nitrogens is 3. The molecule has 24 heavy (non-hydrogen) atoms. The van der Waals surface area contributed by atoms with Crippen molar-refractivity contribution >= 4 is 11.8 Å². The molecule has 4 nitrogen and oxygen atoms in total. The maximum Gasteiger partial charge on any atom is 0.453 e. The zero-order valence-corrected chi connectivity index (χ0v) is 13.1. The Labute approximate surface area is 140 Å². The molecule has 8 heteroatoms. The summed E-state index contributed by atoms with van der Waals surface area (Å²) in [4.78, 5) is 0. The summed E-state index contributed by atoms with van der Waals surface area (Å²) in [6.07, 6.45) is -4.64. The van der Waals surface area contributed by atoms with E-state index < -0.39 is 12.0 Å². The van der Waals surface area contributed by atoms with Crippen LogP contribution in [0.5, 0.6) is 0 Å². The second kappa shape index (κ2) is 6.56. The van der Waals surface area contributed by atoms with Crippen LogP contribution in [0, 0.1) is 0 Å². The third-order valence-corrected chi connectivity index (χ3v) is 4.62. The normalized spacial score (nSPS) is 11.8. The van der Waals surface area contributed by atoms with Crippen LogP contribution in [0.4, 0.5) is 13.2 Å². The topological polar surface area (TPSA) is 56.7 Å². The van der Waals surface area contributed by atoms with Crippen LogP contribution in [0.15, 0.2) is 65.8 Å². The van der Waals surface area contributed by atoms with Crippen molar-refractivity contribution in [3.05, 3.63) is 77.6 Å². The summed E-state index contributed by atoms with van der Waals surface area (Å²) in [5.74, 6) is 4.33. The van der Waals surface area contributed by atoms with Crippen LogP contribution in [0.3, 0.4) is 0 Å². The van der Waals surface area contributed by atoms with Crippen LogP contribution in [0.25, 0.3) is 0 Å². The van der Waals surface area contributed by atoms with Gasteiger partial charge in [-0.25, -0.2) is 4.68 Å². The molecule has 3 rings (SSSR count). The summed E-state index contributed by atoms with van der Waals surface area (Å²) in [7, 11) is 0. The number of hydrogen-bond acceptors (Lipinski definition) is 4. The van der Waals surface area contributed by atoms with Crippen LogP contribution in [-0.2, 0) is 6.18 Å². The number of nitrogens with zero attached hydrogens (tertiary/aromatic N) is 3. The predicted octanol–water partition coefficient (Wildman–Crippen LogP) is 3.89. The summed E-state index contributed by atoms with van der Waals surface area (Å²) in [6.45, 7) is 0. The Hall–Kier alpha value is -2.48. The first-order valence-corrected chi connectivity index (χ1v) is 7.89. The van der Waals surface area contributed by atoms with Gasteiger partial charge in [0.15, 0.2) is 0 Å². The van der Waals surface area contributed by atoms with Crippen LogP contribution in [0.2, 0.25) is 0 Å². The van der Waals surface area contributed by atoms with Crippen molar-refractivity contribution in [2.75, 3.05) is 5.84 Å². The van der Waals surface area contributed by atoms with Gasteiger partial charge in [-0.2, -0.15) is 13.2 Å². The Bertz CT molecular complexity index is 764. The van der Waals surface area contributed by atoms with E-state index in [0.29, 0.717) is 4.68 Å². The third-order valence-electron chi connectivity index (χ3n) is 3.35. The number of nitrogen functional groups attached to an aromatic ring is 1. The molecule has 0 aliphatic rings. The number of alkyl halides is 3. The lowest BCUT2D eigenvalue weighted by Gasteiger charge is -2.17. The standard InChI is InChI=1S/C16H13F3N4S/c17-16(18,19)14-21-22-15(23(14)20)24-13(11-7-3-1-4-8-11)12-9-5-2-6-10-12/h1-10,13H,20H2. The van der Waals surface area contributed by atoms with Gasteiger partial charge in [-0.3, -0.25) is 0 Å². The van der Waals surface area contributed by atoms with Crippen molar-refractivity contribution in [1.29, 1.82) is 0 Å². The number of rotatable bonds is 4. The molecular weight excluding hydrogens is 337 g/mol. The molecule has 0 spiro atoms. The molecule has 1 heterocycles. The molecule has 2 N–H and O–H groups in total. The van der Waals surface area contributed by atoms with Crippen LogP contribution >= 0.6 is 11.8 Å². The van der Waals surface area contributed by atoms with Gasteiger partial charge in [0, 0.05) is 0 Å². The minimum absolute atomic E-state index is 0.0000288. The van der Waals surface area contributed by atoms with E-state index in [1.807, 2.05) is 60.7 Å². The van der Waals surface area contributed by atoms with Crippen molar-refractivity contribution in [3.8, 4) is 0 Å². The first-order valence-electron chi connectivity index (χ1n) is 7.01. The lowest BCUT2D eigenvalue weighted by molar-refractivity contribution is -0.146. The molecule has 0 fully saturated rings. The molecule has 2 aromatic carbocycles. The first kappa shape index (κ1) is 16.4. The largest absolute Gasteiger partial charge is 0.453 e. The first-order chi connectivity index (χ1) is 11.5. The molecule has 0 saturated heterocycles. The van der Waals surface area contributed by atoms with E-state index in [9.17, 15) is 13.2 Å². The van der Waals surface area contributed by atoms with E-state index in [1.165, 1.54) is 0 Å². The zero-order chi connectivity index (χ0) is 17.2. The van der Waals surface area contributed by atoms with Crippen molar-refractivity contribution in [1.82, 2.24) is 14.9 Å². The van der Waals surface area contributed by atoms with Crippen molar-refractivity contribution in [2.24, 2.45) is 0 Å². The van der Waals surface area contributed by atoms with Gasteiger partial charge in [0.25, 0.3) is 5.82 Å². The van der Waals surface area contributed by atoms with E-state index in [4.69, 9.17) is 5.84 Å². The minimum Gasteiger partial charge on any atom is -0.335 e. The molecule has 124 valence electrons. The lowest BCUT2D eigenvalue weighted by Crippen LogP contribution is -2.21. The number of benzene rings is 2. The molecule has 0 saturated carbocycles. The van der Waals surface area contributed by atoms with Crippen molar-refractivity contribution < 1.29 is 13.2 Å². The Balaban J connectivity index is 1.98. The van der Waals surface area contributed by atoms with Crippen molar-refractivity contribution in [3.63, 3.8) is 0 Å². The SMILES string of the molecule is Nn1c(SC(c2ccccc2)c2ccccc2)nnc1C(F)(F)F. The number of thioether (sulfide) groups is 1. The monoisotopic (exact) mass is 350 g/mol. The second-order valence-corrected chi connectivity index (χ2v) is 6.07. The second-order valence-electron chi connectivity index (χ2n) is 4.99. The molecule has 0 radical (unpaired) electrons. The highest BCUT2D eigenvalue weighted by Gasteiger charge is 2.38. The molecule has 0 aliphatic heterocycles. The maximum atomic E-state index is 12.8. The molecular formula is C16H13F3N4S. The van der Waals surface area contributed by atoms with Gasteiger partial charge in [-0.15, -0.1) is 10.2 Å². The minimum atomic E-state index is -4.64. The van der Waals surface area contributed by atoms with E-state index in [1.54, 1.807) is 0 Å². The molecule has 3 aromatic rings. The van der Waals surface area contributed by atoms with Crippen molar-refractivity contribution in [2.45, 2.75) is 16.6 Å². The lowest BCUT2D eigenvalue weighted by atomic mass is 10.0. The van der Waals surface area contributed by atoms with Gasteiger partial charge in [-0.1, -0.05) is 72.4 Å². The summed E-state index contributed by atoms with van der Waals surface area (Å²) in [6, 6.07) is 18.9. The zero-order valence-electron chi connectivity index (χ0n) is 12.3. The van der Waals surface area contributed by atoms with Crippen LogP contribution in [-0.4, -0.2) is 14.9 Å². The van der Waals surface area contributed by atoms with Gasteiger partial charge in [-0.05, 0) is 11.1 Å². The fourth-order valence-corrected chi connectivity index (χ4v) is 3.33. The van der Waals surface area contributed by atoms with E-state index in [2.05, 4.69) is 10.2 Å². The fourth-order valence-electron chi connectivity index (χ4n) is 2.24. The Morgan fingerprint density at radius 2 is 1.38 bits per heavy atom. The number of nitrogens with two attached hydrogens (primary N) is 1. The molecule has 0 amide bonds. The van der Waals surface area contributed by atoms with Crippen LogP contribution < -0.4 is 5.84 Å². The average Bonchev–Trinajstić information content (AvgIpc) is 2.95. The van der Waals surface area contributed by atoms with E-state index >= 15 is 0 Å². The molecule has 0 aliphatic carbocycles. The van der Waals surface area contributed by atoms with Gasteiger partial charge < -0.3 is 5.84 Å². The quantitative estimate of drug-likeness (QED) is 0.573. The Kier molecular flexibility index (Phi) is 4.48. The van der Waals surface area contributed by atoms with E-state index in [-0.39, 0.29) is 10.4 Å². The average molecular weight is 350 g/mol. The molecule has 1 aromatic heterocycles. The molecule has 0 bridgehead atoms. The highest BCUT2D eigenvalue weighted by molar-refractivity contribution is 7.99. The smallest absolute Gasteiger partial charge is 0.335 e. The Morgan fingerprint density at radius 3 is 1.79 bits per heavy atom. The van der Waals surface area contributed by atoms with Gasteiger partial charge in [0.1, 0.15) is 0 Å². The maximum absolute atomic E-state index is 12.8. The highest BCUT2D eigenvalue weighted by Crippen LogP contribution is 2.40. The predicted molar refractivity (Wildman–Crippen MR) is 85.8 cm³/mol. The summed E-state index contributed by atoms with van der Waals surface area (Å²) >= 11 is 1.12. The van der Waals surface area contributed by atoms with Crippen LogP contribution in [0.1, 0.15) is 22.2 Å². The highest BCUT2D eigenvalue weighted by atomic mass is 32.2. The summed E-state index contributed by atoms with van der Waals surface area (Å²) < 4.78 is 39.0. The van der Waals surface area contributed by atoms with Gasteiger partial charge in [0.2, 0.25) is 5.16 Å².